The molecule has 0 aromatic carbocycles. The fourth-order valence-corrected chi connectivity index (χ4v) is 2.76. The lowest BCUT2D eigenvalue weighted by Crippen LogP contribution is -2.43. The zero-order valence-electron chi connectivity index (χ0n) is 13.2. The van der Waals surface area contributed by atoms with Crippen LogP contribution < -0.4 is 5.32 Å². The Kier molecular flexibility index (Phi) is 5.61. The van der Waals surface area contributed by atoms with Crippen LogP contribution in [-0.4, -0.2) is 53.6 Å². The van der Waals surface area contributed by atoms with Gasteiger partial charge in [-0.25, -0.2) is 4.79 Å². The van der Waals surface area contributed by atoms with E-state index in [1.807, 2.05) is 29.7 Å². The van der Waals surface area contributed by atoms with E-state index in [-0.39, 0.29) is 12.1 Å². The van der Waals surface area contributed by atoms with Gasteiger partial charge in [0.2, 0.25) is 0 Å². The Bertz CT molecular complexity index is 460. The standard InChI is InChI=1S/C15H26N4O2/c1-12(5-7-21-3)17-15(20)19-6-4-13(11-19)8-14-9-16-18(2)10-14/h9-10,12-13H,4-8,11H2,1-3H3,(H,17,20)/t12-,13-/m1/s1. The number of nitrogens with zero attached hydrogens (tertiary/aromatic N) is 3. The van der Waals surface area contributed by atoms with E-state index in [0.717, 1.165) is 32.4 Å². The molecule has 2 heterocycles. The van der Waals surface area contributed by atoms with E-state index >= 15 is 0 Å². The predicted molar refractivity (Wildman–Crippen MR) is 81.1 cm³/mol. The molecule has 0 bridgehead atoms. The molecule has 0 unspecified atom stereocenters. The van der Waals surface area contributed by atoms with Crippen LogP contribution in [0.25, 0.3) is 0 Å². The molecule has 21 heavy (non-hydrogen) atoms. The largest absolute Gasteiger partial charge is 0.385 e. The molecular formula is C15H26N4O2. The molecule has 1 saturated heterocycles. The van der Waals surface area contributed by atoms with Gasteiger partial charge in [0.1, 0.15) is 0 Å². The summed E-state index contributed by atoms with van der Waals surface area (Å²) in [6, 6.07) is 0.196. The highest BCUT2D eigenvalue weighted by Crippen LogP contribution is 2.20. The molecule has 1 aliphatic rings. The number of carbonyl (C=O) groups is 1. The third kappa shape index (κ3) is 4.74. The second-order valence-corrected chi connectivity index (χ2v) is 5.96. The summed E-state index contributed by atoms with van der Waals surface area (Å²) >= 11 is 0. The molecule has 1 aromatic heterocycles. The summed E-state index contributed by atoms with van der Waals surface area (Å²) < 4.78 is 6.86. The Morgan fingerprint density at radius 2 is 2.43 bits per heavy atom. The number of aryl methyl sites for hydroxylation is 1. The van der Waals surface area contributed by atoms with E-state index in [1.54, 1.807) is 7.11 Å². The average molecular weight is 294 g/mol. The van der Waals surface area contributed by atoms with Crippen molar-refractivity contribution >= 4 is 6.03 Å². The van der Waals surface area contributed by atoms with Crippen molar-refractivity contribution in [1.82, 2.24) is 20.0 Å². The van der Waals surface area contributed by atoms with E-state index in [2.05, 4.69) is 16.6 Å². The number of nitrogens with one attached hydrogen (secondary N) is 1. The first kappa shape index (κ1) is 15.8. The zero-order chi connectivity index (χ0) is 15.2. The fraction of sp³-hybridized carbons (Fsp3) is 0.733. The van der Waals surface area contributed by atoms with E-state index in [4.69, 9.17) is 4.74 Å². The Labute approximate surface area is 126 Å². The highest BCUT2D eigenvalue weighted by molar-refractivity contribution is 5.74. The van der Waals surface area contributed by atoms with Crippen molar-refractivity contribution in [2.24, 2.45) is 13.0 Å². The first-order chi connectivity index (χ1) is 10.1. The van der Waals surface area contributed by atoms with E-state index in [0.29, 0.717) is 12.5 Å². The van der Waals surface area contributed by atoms with Crippen LogP contribution in [0.3, 0.4) is 0 Å². The quantitative estimate of drug-likeness (QED) is 0.863. The summed E-state index contributed by atoms with van der Waals surface area (Å²) in [7, 11) is 3.61. The van der Waals surface area contributed by atoms with Crippen LogP contribution in [0, 0.1) is 5.92 Å². The summed E-state index contributed by atoms with van der Waals surface area (Å²) in [5, 5.41) is 7.23. The Hall–Kier alpha value is -1.56. The number of rotatable bonds is 6. The smallest absolute Gasteiger partial charge is 0.317 e. The van der Waals surface area contributed by atoms with Gasteiger partial charge in [-0.15, -0.1) is 0 Å². The van der Waals surface area contributed by atoms with E-state index < -0.39 is 0 Å². The van der Waals surface area contributed by atoms with Crippen LogP contribution in [0.2, 0.25) is 0 Å². The third-order valence-corrected chi connectivity index (χ3v) is 3.98. The van der Waals surface area contributed by atoms with Gasteiger partial charge in [0.25, 0.3) is 0 Å². The van der Waals surface area contributed by atoms with E-state index in [1.165, 1.54) is 5.56 Å². The maximum Gasteiger partial charge on any atom is 0.317 e. The number of hydrogen-bond donors (Lipinski definition) is 1. The topological polar surface area (TPSA) is 59.4 Å². The van der Waals surface area contributed by atoms with Gasteiger partial charge in [-0.2, -0.15) is 5.10 Å². The van der Waals surface area contributed by atoms with Crippen molar-refractivity contribution in [3.8, 4) is 0 Å². The summed E-state index contributed by atoms with van der Waals surface area (Å²) in [5.41, 5.74) is 1.25. The molecule has 1 aliphatic heterocycles. The highest BCUT2D eigenvalue weighted by Gasteiger charge is 2.27. The minimum atomic E-state index is 0.0484. The third-order valence-electron chi connectivity index (χ3n) is 3.98. The molecule has 2 amide bonds. The maximum atomic E-state index is 12.2. The molecule has 0 radical (unpaired) electrons. The molecule has 2 atom stereocenters. The van der Waals surface area contributed by atoms with Gasteiger partial charge in [-0.3, -0.25) is 4.68 Å². The van der Waals surface area contributed by atoms with Crippen LogP contribution in [-0.2, 0) is 18.2 Å². The molecular weight excluding hydrogens is 268 g/mol. The van der Waals surface area contributed by atoms with Crippen LogP contribution in [0.4, 0.5) is 4.79 Å². The summed E-state index contributed by atoms with van der Waals surface area (Å²) in [6.07, 6.45) is 6.87. The van der Waals surface area contributed by atoms with Gasteiger partial charge in [-0.05, 0) is 37.7 Å². The van der Waals surface area contributed by atoms with Crippen molar-refractivity contribution in [1.29, 1.82) is 0 Å². The lowest BCUT2D eigenvalue weighted by molar-refractivity contribution is 0.177. The number of ether oxygens (including phenoxy) is 1. The average Bonchev–Trinajstić information content (AvgIpc) is 3.06. The first-order valence-electron chi connectivity index (χ1n) is 7.60. The minimum absolute atomic E-state index is 0.0484. The lowest BCUT2D eigenvalue weighted by Gasteiger charge is -2.21. The molecule has 6 heteroatoms. The second-order valence-electron chi connectivity index (χ2n) is 5.96. The SMILES string of the molecule is COCC[C@@H](C)NC(=O)N1CC[C@H](Cc2cnn(C)c2)C1. The van der Waals surface area contributed by atoms with Gasteiger partial charge < -0.3 is 15.0 Å². The second kappa shape index (κ2) is 7.45. The fourth-order valence-electron chi connectivity index (χ4n) is 2.76. The molecule has 6 nitrogen and oxygen atoms in total. The zero-order valence-corrected chi connectivity index (χ0v) is 13.2. The predicted octanol–water partition coefficient (Wildman–Crippen LogP) is 1.42. The highest BCUT2D eigenvalue weighted by atomic mass is 16.5. The van der Waals surface area contributed by atoms with Crippen LogP contribution in [0.15, 0.2) is 12.4 Å². The van der Waals surface area contributed by atoms with Crippen molar-refractivity contribution in [3.63, 3.8) is 0 Å². The Balaban J connectivity index is 1.75. The number of hydrogen-bond acceptors (Lipinski definition) is 3. The first-order valence-corrected chi connectivity index (χ1v) is 7.60. The van der Waals surface area contributed by atoms with Gasteiger partial charge in [0, 0.05) is 46.1 Å². The molecule has 0 spiro atoms. The number of urea groups is 1. The molecule has 1 aromatic rings. The van der Waals surface area contributed by atoms with E-state index in [9.17, 15) is 4.79 Å². The number of methoxy groups -OCH3 is 1. The molecule has 1 fully saturated rings. The maximum absolute atomic E-state index is 12.2. The minimum Gasteiger partial charge on any atom is -0.385 e. The van der Waals surface area contributed by atoms with Gasteiger partial charge in [0.15, 0.2) is 0 Å². The monoisotopic (exact) mass is 294 g/mol. The molecule has 2 rings (SSSR count). The Morgan fingerprint density at radius 3 is 3.10 bits per heavy atom. The summed E-state index contributed by atoms with van der Waals surface area (Å²) in [6.45, 7) is 4.36. The normalized spacial score (nSPS) is 19.8. The Morgan fingerprint density at radius 1 is 1.62 bits per heavy atom. The van der Waals surface area contributed by atoms with Crippen molar-refractivity contribution in [3.05, 3.63) is 18.0 Å². The molecule has 1 N–H and O–H groups in total. The summed E-state index contributed by atoms with van der Waals surface area (Å²) in [5.74, 6) is 0.536. The molecule has 118 valence electrons. The van der Waals surface area contributed by atoms with Crippen molar-refractivity contribution < 1.29 is 9.53 Å². The number of aromatic nitrogens is 2. The van der Waals surface area contributed by atoms with Crippen molar-refractivity contribution in [2.75, 3.05) is 26.8 Å². The van der Waals surface area contributed by atoms with Crippen LogP contribution >= 0.6 is 0 Å². The van der Waals surface area contributed by atoms with Gasteiger partial charge in [-0.1, -0.05) is 0 Å². The summed E-state index contributed by atoms with van der Waals surface area (Å²) in [4.78, 5) is 14.1. The number of carbonyl (C=O) groups excluding carboxylic acids is 1. The van der Waals surface area contributed by atoms with Crippen molar-refractivity contribution in [2.45, 2.75) is 32.2 Å². The lowest BCUT2D eigenvalue weighted by atomic mass is 10.0. The van der Waals surface area contributed by atoms with Gasteiger partial charge >= 0.3 is 6.03 Å². The molecule has 0 saturated carbocycles. The molecule has 0 aliphatic carbocycles. The van der Waals surface area contributed by atoms with Gasteiger partial charge in [0.05, 0.1) is 6.20 Å². The van der Waals surface area contributed by atoms with Crippen LogP contribution in [0.5, 0.6) is 0 Å². The number of amides is 2. The van der Waals surface area contributed by atoms with Crippen LogP contribution in [0.1, 0.15) is 25.3 Å². The number of likely N-dealkylation sites (tertiary alicyclic amines) is 1.